The van der Waals surface area contributed by atoms with Gasteiger partial charge in [-0.1, -0.05) is 0 Å². The first-order valence-corrected chi connectivity index (χ1v) is 6.55. The predicted molar refractivity (Wildman–Crippen MR) is 76.1 cm³/mol. The van der Waals surface area contributed by atoms with Crippen LogP contribution in [0.1, 0.15) is 26.2 Å². The summed E-state index contributed by atoms with van der Waals surface area (Å²) in [5, 5.41) is 13.5. The summed E-state index contributed by atoms with van der Waals surface area (Å²) in [5.41, 5.74) is 0.0181. The third-order valence-corrected chi connectivity index (χ3v) is 2.83. The van der Waals surface area contributed by atoms with Crippen LogP contribution >= 0.6 is 0 Å². The molecule has 0 heterocycles. The van der Waals surface area contributed by atoms with E-state index in [0.717, 1.165) is 0 Å². The van der Waals surface area contributed by atoms with Crippen LogP contribution < -0.4 is 15.4 Å². The number of hydrogen-bond donors (Lipinski definition) is 3. The van der Waals surface area contributed by atoms with Gasteiger partial charge in [0.15, 0.2) is 0 Å². The van der Waals surface area contributed by atoms with E-state index in [-0.39, 0.29) is 18.2 Å². The maximum atomic E-state index is 13.5. The number of amides is 2. The van der Waals surface area contributed by atoms with Crippen molar-refractivity contribution in [2.24, 2.45) is 0 Å². The van der Waals surface area contributed by atoms with Crippen LogP contribution in [0.15, 0.2) is 18.2 Å². The van der Waals surface area contributed by atoms with Crippen LogP contribution in [0.2, 0.25) is 0 Å². The maximum Gasteiger partial charge on any atom is 0.319 e. The Hall–Kier alpha value is -2.31. The number of carboxylic acid groups (broad SMARTS) is 1. The van der Waals surface area contributed by atoms with Crippen LogP contribution in [-0.2, 0) is 4.79 Å². The maximum absolute atomic E-state index is 13.5. The zero-order chi connectivity index (χ0) is 15.8. The first kappa shape index (κ1) is 16.7. The molecule has 0 saturated carbocycles. The lowest BCUT2D eigenvalue weighted by molar-refractivity contribution is -0.137. The molecule has 2 amide bonds. The number of benzene rings is 1. The molecule has 116 valence electrons. The molecule has 0 aromatic heterocycles. The zero-order valence-corrected chi connectivity index (χ0v) is 12.0. The Morgan fingerprint density at radius 1 is 1.43 bits per heavy atom. The molecule has 0 saturated heterocycles. The third kappa shape index (κ3) is 6.11. The number of methoxy groups -OCH3 is 1. The van der Waals surface area contributed by atoms with E-state index in [2.05, 4.69) is 10.6 Å². The number of urea groups is 1. The lowest BCUT2D eigenvalue weighted by Gasteiger charge is -2.14. The summed E-state index contributed by atoms with van der Waals surface area (Å²) in [5.74, 6) is -1.00. The molecule has 0 aliphatic rings. The summed E-state index contributed by atoms with van der Waals surface area (Å²) in [6.07, 6.45) is 1.04. The van der Waals surface area contributed by atoms with Gasteiger partial charge in [-0.05, 0) is 31.9 Å². The van der Waals surface area contributed by atoms with E-state index in [1.807, 2.05) is 0 Å². The monoisotopic (exact) mass is 298 g/mol. The Morgan fingerprint density at radius 2 is 2.14 bits per heavy atom. The average Bonchev–Trinajstić information content (AvgIpc) is 2.40. The lowest BCUT2D eigenvalue weighted by atomic mass is 10.1. The van der Waals surface area contributed by atoms with Gasteiger partial charge < -0.3 is 20.5 Å². The van der Waals surface area contributed by atoms with Crippen molar-refractivity contribution < 1.29 is 23.8 Å². The molecule has 0 spiro atoms. The quantitative estimate of drug-likeness (QED) is 0.722. The number of nitrogens with one attached hydrogen (secondary N) is 2. The second-order valence-corrected chi connectivity index (χ2v) is 4.63. The van der Waals surface area contributed by atoms with Gasteiger partial charge in [-0.15, -0.1) is 0 Å². The molecule has 1 aromatic rings. The van der Waals surface area contributed by atoms with Crippen LogP contribution in [-0.4, -0.2) is 30.3 Å². The van der Waals surface area contributed by atoms with E-state index in [9.17, 15) is 14.0 Å². The second kappa shape index (κ2) is 8.08. The summed E-state index contributed by atoms with van der Waals surface area (Å²) in [4.78, 5) is 22.1. The molecule has 3 N–H and O–H groups in total. The molecule has 7 heteroatoms. The molecule has 21 heavy (non-hydrogen) atoms. The van der Waals surface area contributed by atoms with Gasteiger partial charge in [0.25, 0.3) is 0 Å². The minimum atomic E-state index is -0.870. The van der Waals surface area contributed by atoms with Crippen molar-refractivity contribution >= 4 is 17.7 Å². The number of ether oxygens (including phenoxy) is 1. The van der Waals surface area contributed by atoms with E-state index < -0.39 is 17.8 Å². The van der Waals surface area contributed by atoms with Crippen molar-refractivity contribution in [3.05, 3.63) is 24.0 Å². The summed E-state index contributed by atoms with van der Waals surface area (Å²) >= 11 is 0. The topological polar surface area (TPSA) is 87.7 Å². The molecule has 0 fully saturated rings. The van der Waals surface area contributed by atoms with Gasteiger partial charge in [-0.25, -0.2) is 9.18 Å². The first-order valence-electron chi connectivity index (χ1n) is 6.55. The van der Waals surface area contributed by atoms with Crippen molar-refractivity contribution in [2.45, 2.75) is 32.2 Å². The van der Waals surface area contributed by atoms with Gasteiger partial charge in [0, 0.05) is 18.5 Å². The third-order valence-electron chi connectivity index (χ3n) is 2.83. The molecule has 1 unspecified atom stereocenters. The van der Waals surface area contributed by atoms with Crippen molar-refractivity contribution in [1.82, 2.24) is 5.32 Å². The fraction of sp³-hybridized carbons (Fsp3) is 0.429. The van der Waals surface area contributed by atoms with E-state index in [0.29, 0.717) is 18.6 Å². The van der Waals surface area contributed by atoms with Gasteiger partial charge in [-0.3, -0.25) is 4.79 Å². The van der Waals surface area contributed by atoms with Gasteiger partial charge in [-0.2, -0.15) is 0 Å². The van der Waals surface area contributed by atoms with E-state index in [1.165, 1.54) is 25.3 Å². The SMILES string of the molecule is COc1ccc(F)c(NC(=O)NC(C)CCCC(=O)O)c1. The number of aliphatic carboxylic acids is 1. The fourth-order valence-electron chi connectivity index (χ4n) is 1.74. The van der Waals surface area contributed by atoms with Crippen molar-refractivity contribution in [3.63, 3.8) is 0 Å². The van der Waals surface area contributed by atoms with Crippen molar-refractivity contribution in [3.8, 4) is 5.75 Å². The predicted octanol–water partition coefficient (Wildman–Crippen LogP) is 2.60. The summed E-state index contributed by atoms with van der Waals surface area (Å²) in [6, 6.07) is 3.27. The van der Waals surface area contributed by atoms with Gasteiger partial charge in [0.1, 0.15) is 11.6 Å². The summed E-state index contributed by atoms with van der Waals surface area (Å²) in [6.45, 7) is 1.75. The Balaban J connectivity index is 2.48. The largest absolute Gasteiger partial charge is 0.497 e. The van der Waals surface area contributed by atoms with Gasteiger partial charge in [0.2, 0.25) is 0 Å². The molecule has 1 aromatic carbocycles. The minimum absolute atomic E-state index is 0.0181. The highest BCUT2D eigenvalue weighted by molar-refractivity contribution is 5.89. The van der Waals surface area contributed by atoms with Crippen LogP contribution in [0, 0.1) is 5.82 Å². The molecule has 1 atom stereocenters. The van der Waals surface area contributed by atoms with Gasteiger partial charge >= 0.3 is 12.0 Å². The normalized spacial score (nSPS) is 11.6. The van der Waals surface area contributed by atoms with Crippen LogP contribution in [0.5, 0.6) is 5.75 Å². The molecule has 0 radical (unpaired) electrons. The molecule has 1 rings (SSSR count). The molecule has 0 aliphatic heterocycles. The molecule has 6 nitrogen and oxygen atoms in total. The molecular formula is C14H19FN2O4. The summed E-state index contributed by atoms with van der Waals surface area (Å²) < 4.78 is 18.5. The Kier molecular flexibility index (Phi) is 6.45. The fourth-order valence-corrected chi connectivity index (χ4v) is 1.74. The number of carbonyl (C=O) groups is 2. The Bertz CT molecular complexity index is 508. The average molecular weight is 298 g/mol. The first-order chi connectivity index (χ1) is 9.92. The standard InChI is InChI=1S/C14H19FN2O4/c1-9(4-3-5-13(18)19)16-14(20)17-12-8-10(21-2)6-7-11(12)15/h6-9H,3-5H2,1-2H3,(H,18,19)(H2,16,17,20). The number of anilines is 1. The van der Waals surface area contributed by atoms with E-state index in [4.69, 9.17) is 9.84 Å². The van der Waals surface area contributed by atoms with Crippen LogP contribution in [0.3, 0.4) is 0 Å². The zero-order valence-electron chi connectivity index (χ0n) is 12.0. The van der Waals surface area contributed by atoms with Crippen LogP contribution in [0.25, 0.3) is 0 Å². The van der Waals surface area contributed by atoms with E-state index >= 15 is 0 Å². The van der Waals surface area contributed by atoms with E-state index in [1.54, 1.807) is 6.92 Å². The number of carboxylic acids is 1. The molecule has 0 aliphatic carbocycles. The number of hydrogen-bond acceptors (Lipinski definition) is 3. The minimum Gasteiger partial charge on any atom is -0.497 e. The lowest BCUT2D eigenvalue weighted by Crippen LogP contribution is -2.36. The smallest absolute Gasteiger partial charge is 0.319 e. The number of rotatable bonds is 7. The second-order valence-electron chi connectivity index (χ2n) is 4.63. The van der Waals surface area contributed by atoms with Crippen molar-refractivity contribution in [1.29, 1.82) is 0 Å². The highest BCUT2D eigenvalue weighted by atomic mass is 19.1. The number of halogens is 1. The number of carbonyl (C=O) groups excluding carboxylic acids is 1. The Morgan fingerprint density at radius 3 is 2.76 bits per heavy atom. The van der Waals surface area contributed by atoms with Crippen molar-refractivity contribution in [2.75, 3.05) is 12.4 Å². The Labute approximate surface area is 122 Å². The summed E-state index contributed by atoms with van der Waals surface area (Å²) in [7, 11) is 1.45. The molecular weight excluding hydrogens is 279 g/mol. The van der Waals surface area contributed by atoms with Gasteiger partial charge in [0.05, 0.1) is 12.8 Å². The highest BCUT2D eigenvalue weighted by Crippen LogP contribution is 2.20. The highest BCUT2D eigenvalue weighted by Gasteiger charge is 2.11. The van der Waals surface area contributed by atoms with Crippen LogP contribution in [0.4, 0.5) is 14.9 Å². The molecule has 0 bridgehead atoms.